The number of ether oxygens (including phenoxy) is 1. The summed E-state index contributed by atoms with van der Waals surface area (Å²) in [5.41, 5.74) is 0.363. The molecule has 0 bridgehead atoms. The van der Waals surface area contributed by atoms with Crippen LogP contribution in [0, 0.1) is 5.92 Å². The molecule has 0 saturated heterocycles. The Morgan fingerprint density at radius 1 is 1.17 bits per heavy atom. The zero-order valence-corrected chi connectivity index (χ0v) is 14.7. The minimum absolute atomic E-state index is 0.0274. The number of rotatable bonds is 8. The van der Waals surface area contributed by atoms with Crippen molar-refractivity contribution in [1.29, 1.82) is 0 Å². The Labute approximate surface area is 141 Å². The Kier molecular flexibility index (Phi) is 7.81. The molecule has 0 radical (unpaired) electrons. The second-order valence-electron chi connectivity index (χ2n) is 5.67. The molecule has 5 nitrogen and oxygen atoms in total. The minimum atomic E-state index is -0.868. The van der Waals surface area contributed by atoms with Gasteiger partial charge in [-0.2, -0.15) is 0 Å². The van der Waals surface area contributed by atoms with E-state index in [0.29, 0.717) is 22.9 Å². The van der Waals surface area contributed by atoms with Crippen LogP contribution >= 0.6 is 11.8 Å². The van der Waals surface area contributed by atoms with Crippen LogP contribution in [0.15, 0.2) is 29.2 Å². The summed E-state index contributed by atoms with van der Waals surface area (Å²) < 4.78 is 5.23. The van der Waals surface area contributed by atoms with E-state index >= 15 is 0 Å². The van der Waals surface area contributed by atoms with E-state index in [1.807, 2.05) is 13.8 Å². The number of ketones is 1. The summed E-state index contributed by atoms with van der Waals surface area (Å²) in [4.78, 5) is 35.9. The van der Waals surface area contributed by atoms with Gasteiger partial charge in [0.1, 0.15) is 5.78 Å². The predicted octanol–water partition coefficient (Wildman–Crippen LogP) is 2.69. The smallest absolute Gasteiger partial charge is 0.340 e. The average molecular weight is 337 g/mol. The number of benzene rings is 1. The van der Waals surface area contributed by atoms with E-state index in [1.54, 1.807) is 31.2 Å². The van der Waals surface area contributed by atoms with Gasteiger partial charge in [-0.25, -0.2) is 4.79 Å². The second-order valence-corrected chi connectivity index (χ2v) is 6.69. The maximum atomic E-state index is 12.3. The molecule has 1 amide bonds. The Hall–Kier alpha value is -1.82. The molecule has 0 fully saturated rings. The van der Waals surface area contributed by atoms with E-state index in [2.05, 4.69) is 5.32 Å². The van der Waals surface area contributed by atoms with Crippen molar-refractivity contribution in [3.63, 3.8) is 0 Å². The van der Waals surface area contributed by atoms with Crippen LogP contribution in [0.1, 0.15) is 38.1 Å². The number of hydrogen-bond donors (Lipinski definition) is 1. The molecule has 0 spiro atoms. The summed E-state index contributed by atoms with van der Waals surface area (Å²) in [5, 5.41) is 2.73. The third-order valence-electron chi connectivity index (χ3n) is 2.88. The molecule has 0 aliphatic heterocycles. The molecule has 0 aliphatic carbocycles. The third kappa shape index (κ3) is 6.86. The molecule has 23 heavy (non-hydrogen) atoms. The van der Waals surface area contributed by atoms with Gasteiger partial charge in [-0.3, -0.25) is 9.59 Å². The van der Waals surface area contributed by atoms with Crippen molar-refractivity contribution in [2.45, 2.75) is 38.7 Å². The van der Waals surface area contributed by atoms with Crippen molar-refractivity contribution >= 4 is 29.4 Å². The number of Topliss-reactive ketones (excluding diaryl/α,β-unsaturated/α-hetero) is 1. The third-order valence-corrected chi connectivity index (χ3v) is 4.09. The van der Waals surface area contributed by atoms with E-state index in [-0.39, 0.29) is 17.4 Å². The fourth-order valence-corrected chi connectivity index (χ4v) is 2.51. The first-order valence-electron chi connectivity index (χ1n) is 7.51. The Morgan fingerprint density at radius 3 is 2.43 bits per heavy atom. The zero-order valence-electron chi connectivity index (χ0n) is 13.9. The van der Waals surface area contributed by atoms with Crippen molar-refractivity contribution in [2.24, 2.45) is 5.92 Å². The molecule has 1 N–H and O–H groups in total. The van der Waals surface area contributed by atoms with Crippen LogP contribution in [0.5, 0.6) is 0 Å². The highest BCUT2D eigenvalue weighted by atomic mass is 32.2. The SMILES string of the molecule is CC(=O)CSc1ccccc1C(=O)O[C@H](C)C(=O)NCC(C)C. The largest absolute Gasteiger partial charge is 0.449 e. The monoisotopic (exact) mass is 337 g/mol. The second kappa shape index (κ2) is 9.35. The molecule has 1 aromatic carbocycles. The molecular weight excluding hydrogens is 314 g/mol. The van der Waals surface area contributed by atoms with Crippen LogP contribution in [0.4, 0.5) is 0 Å². The van der Waals surface area contributed by atoms with Crippen LogP contribution in [-0.2, 0) is 14.3 Å². The van der Waals surface area contributed by atoms with E-state index in [4.69, 9.17) is 4.74 Å². The first kappa shape index (κ1) is 19.2. The van der Waals surface area contributed by atoms with Crippen LogP contribution in [-0.4, -0.2) is 36.1 Å². The molecule has 0 aromatic heterocycles. The lowest BCUT2D eigenvalue weighted by Gasteiger charge is -2.15. The zero-order chi connectivity index (χ0) is 17.4. The number of nitrogens with one attached hydrogen (secondary N) is 1. The van der Waals surface area contributed by atoms with Gasteiger partial charge in [0.25, 0.3) is 5.91 Å². The van der Waals surface area contributed by atoms with Gasteiger partial charge < -0.3 is 10.1 Å². The van der Waals surface area contributed by atoms with Gasteiger partial charge in [0, 0.05) is 11.4 Å². The Balaban J connectivity index is 2.70. The molecule has 0 aliphatic rings. The van der Waals surface area contributed by atoms with Crippen molar-refractivity contribution in [3.8, 4) is 0 Å². The molecule has 0 unspecified atom stereocenters. The molecule has 126 valence electrons. The van der Waals surface area contributed by atoms with Crippen molar-refractivity contribution in [1.82, 2.24) is 5.32 Å². The van der Waals surface area contributed by atoms with Crippen LogP contribution < -0.4 is 5.32 Å². The average Bonchev–Trinajstić information content (AvgIpc) is 2.50. The fourth-order valence-electron chi connectivity index (χ4n) is 1.67. The molecule has 1 aromatic rings. The highest BCUT2D eigenvalue weighted by Crippen LogP contribution is 2.23. The van der Waals surface area contributed by atoms with Crippen molar-refractivity contribution in [3.05, 3.63) is 29.8 Å². The molecule has 6 heteroatoms. The number of amides is 1. The number of carbonyl (C=O) groups excluding carboxylic acids is 3. The summed E-state index contributed by atoms with van der Waals surface area (Å²) in [6.45, 7) is 7.54. The van der Waals surface area contributed by atoms with Gasteiger partial charge >= 0.3 is 5.97 Å². The molecular formula is C17H23NO4S. The van der Waals surface area contributed by atoms with Crippen molar-refractivity contribution in [2.75, 3.05) is 12.3 Å². The maximum Gasteiger partial charge on any atom is 0.340 e. The molecule has 1 rings (SSSR count). The van der Waals surface area contributed by atoms with Crippen LogP contribution in [0.2, 0.25) is 0 Å². The highest BCUT2D eigenvalue weighted by Gasteiger charge is 2.20. The number of esters is 1. The van der Waals surface area contributed by atoms with Crippen molar-refractivity contribution < 1.29 is 19.1 Å². The fraction of sp³-hybridized carbons (Fsp3) is 0.471. The van der Waals surface area contributed by atoms with Gasteiger partial charge in [-0.1, -0.05) is 26.0 Å². The maximum absolute atomic E-state index is 12.3. The highest BCUT2D eigenvalue weighted by molar-refractivity contribution is 8.00. The van der Waals surface area contributed by atoms with Crippen LogP contribution in [0.25, 0.3) is 0 Å². The van der Waals surface area contributed by atoms with E-state index < -0.39 is 12.1 Å². The number of thioether (sulfide) groups is 1. The van der Waals surface area contributed by atoms with Gasteiger partial charge in [-0.15, -0.1) is 11.8 Å². The summed E-state index contributed by atoms with van der Waals surface area (Å²) in [5.74, 6) is -0.246. The van der Waals surface area contributed by atoms with Gasteiger partial charge in [0.15, 0.2) is 6.10 Å². The van der Waals surface area contributed by atoms with E-state index in [9.17, 15) is 14.4 Å². The lowest BCUT2D eigenvalue weighted by Crippen LogP contribution is -2.37. The summed E-state index contributed by atoms with van der Waals surface area (Å²) in [6.07, 6.45) is -0.868. The molecule has 0 saturated carbocycles. The topological polar surface area (TPSA) is 72.5 Å². The van der Waals surface area contributed by atoms with Gasteiger partial charge in [-0.05, 0) is 31.9 Å². The number of carbonyl (C=O) groups is 3. The summed E-state index contributed by atoms with van der Waals surface area (Å²) >= 11 is 1.28. The lowest BCUT2D eigenvalue weighted by atomic mass is 10.2. The standard InChI is InChI=1S/C17H23NO4S/c1-11(2)9-18-16(20)13(4)22-17(21)14-7-5-6-8-15(14)23-10-12(3)19/h5-8,11,13H,9-10H2,1-4H3,(H,18,20)/t13-/m1/s1. The summed E-state index contributed by atoms with van der Waals surface area (Å²) in [6, 6.07) is 6.90. The minimum Gasteiger partial charge on any atom is -0.449 e. The first-order chi connectivity index (χ1) is 10.8. The number of hydrogen-bond acceptors (Lipinski definition) is 5. The molecule has 1 atom stereocenters. The normalized spacial score (nSPS) is 11.9. The molecule has 0 heterocycles. The predicted molar refractivity (Wildman–Crippen MR) is 90.6 cm³/mol. The quantitative estimate of drug-likeness (QED) is 0.583. The Morgan fingerprint density at radius 2 is 1.83 bits per heavy atom. The Bertz CT molecular complexity index is 571. The summed E-state index contributed by atoms with van der Waals surface area (Å²) in [7, 11) is 0. The first-order valence-corrected chi connectivity index (χ1v) is 8.49. The van der Waals surface area contributed by atoms with Gasteiger partial charge in [0.05, 0.1) is 11.3 Å². The van der Waals surface area contributed by atoms with Gasteiger partial charge in [0.2, 0.25) is 0 Å². The van der Waals surface area contributed by atoms with Crippen LogP contribution in [0.3, 0.4) is 0 Å². The van der Waals surface area contributed by atoms with E-state index in [0.717, 1.165) is 0 Å². The van der Waals surface area contributed by atoms with E-state index in [1.165, 1.54) is 18.7 Å². The lowest BCUT2D eigenvalue weighted by molar-refractivity contribution is -0.129.